The standard InChI is InChI=1S/C21H26N4O4/c1-15-12-22(13-18-6-4-8-20(16(18)2)24(26)27)10-11-23(15)14-19-7-5-9-21(17(19)3)25(28)29/h4-9,15H,10-14H2,1-3H3. The van der Waals surface area contributed by atoms with E-state index >= 15 is 0 Å². The molecule has 2 aromatic carbocycles. The summed E-state index contributed by atoms with van der Waals surface area (Å²) in [6, 6.07) is 10.8. The third-order valence-corrected chi connectivity index (χ3v) is 5.84. The maximum absolute atomic E-state index is 11.2. The van der Waals surface area contributed by atoms with E-state index in [0.717, 1.165) is 41.9 Å². The van der Waals surface area contributed by atoms with Crippen molar-refractivity contribution in [3.8, 4) is 0 Å². The van der Waals surface area contributed by atoms with Crippen LogP contribution in [0.3, 0.4) is 0 Å². The molecule has 3 rings (SSSR count). The van der Waals surface area contributed by atoms with E-state index in [9.17, 15) is 20.2 Å². The third kappa shape index (κ3) is 4.60. The molecule has 8 heteroatoms. The van der Waals surface area contributed by atoms with Crippen LogP contribution in [0.2, 0.25) is 0 Å². The molecule has 0 N–H and O–H groups in total. The lowest BCUT2D eigenvalue weighted by Gasteiger charge is -2.40. The second kappa shape index (κ2) is 8.67. The van der Waals surface area contributed by atoms with Crippen molar-refractivity contribution < 1.29 is 9.85 Å². The Morgan fingerprint density at radius 1 is 0.897 bits per heavy atom. The smallest absolute Gasteiger partial charge is 0.272 e. The van der Waals surface area contributed by atoms with E-state index in [1.807, 2.05) is 12.1 Å². The number of hydrogen-bond acceptors (Lipinski definition) is 6. The summed E-state index contributed by atoms with van der Waals surface area (Å²) in [7, 11) is 0. The summed E-state index contributed by atoms with van der Waals surface area (Å²) in [5, 5.41) is 22.4. The Morgan fingerprint density at radius 2 is 1.41 bits per heavy atom. The minimum Gasteiger partial charge on any atom is -0.296 e. The normalized spacial score (nSPS) is 18.0. The molecule has 2 aromatic rings. The van der Waals surface area contributed by atoms with Gasteiger partial charge in [-0.2, -0.15) is 0 Å². The van der Waals surface area contributed by atoms with E-state index in [1.54, 1.807) is 38.1 Å². The van der Waals surface area contributed by atoms with Gasteiger partial charge in [0.05, 0.1) is 9.85 Å². The summed E-state index contributed by atoms with van der Waals surface area (Å²) in [5.41, 5.74) is 3.73. The first-order chi connectivity index (χ1) is 13.8. The highest BCUT2D eigenvalue weighted by Crippen LogP contribution is 2.26. The third-order valence-electron chi connectivity index (χ3n) is 5.84. The fourth-order valence-electron chi connectivity index (χ4n) is 3.99. The Labute approximate surface area is 170 Å². The molecule has 29 heavy (non-hydrogen) atoms. The van der Waals surface area contributed by atoms with E-state index < -0.39 is 0 Å². The fourth-order valence-corrected chi connectivity index (χ4v) is 3.99. The summed E-state index contributed by atoms with van der Waals surface area (Å²) >= 11 is 0. The Morgan fingerprint density at radius 3 is 1.90 bits per heavy atom. The molecule has 8 nitrogen and oxygen atoms in total. The predicted octanol–water partition coefficient (Wildman–Crippen LogP) is 3.83. The van der Waals surface area contributed by atoms with Crippen LogP contribution in [0, 0.1) is 34.1 Å². The van der Waals surface area contributed by atoms with Gasteiger partial charge in [-0.15, -0.1) is 0 Å². The van der Waals surface area contributed by atoms with Crippen LogP contribution in [0.25, 0.3) is 0 Å². The predicted molar refractivity (Wildman–Crippen MR) is 111 cm³/mol. The molecular formula is C21H26N4O4. The Hall–Kier alpha value is -2.84. The van der Waals surface area contributed by atoms with Crippen LogP contribution in [0.4, 0.5) is 11.4 Å². The van der Waals surface area contributed by atoms with Crippen LogP contribution in [-0.2, 0) is 13.1 Å². The first-order valence-corrected chi connectivity index (χ1v) is 9.70. The summed E-state index contributed by atoms with van der Waals surface area (Å²) in [6.07, 6.45) is 0. The van der Waals surface area contributed by atoms with Gasteiger partial charge in [0.2, 0.25) is 0 Å². The average Bonchev–Trinajstić information content (AvgIpc) is 2.66. The molecule has 1 heterocycles. The maximum Gasteiger partial charge on any atom is 0.272 e. The van der Waals surface area contributed by atoms with E-state index in [1.165, 1.54) is 0 Å². The van der Waals surface area contributed by atoms with Gasteiger partial charge in [0.1, 0.15) is 0 Å². The Kier molecular flexibility index (Phi) is 6.24. The molecule has 0 saturated carbocycles. The summed E-state index contributed by atoms with van der Waals surface area (Å²) < 4.78 is 0. The molecule has 1 atom stereocenters. The van der Waals surface area contributed by atoms with Crippen molar-refractivity contribution in [2.75, 3.05) is 19.6 Å². The van der Waals surface area contributed by atoms with Gasteiger partial charge in [0.25, 0.3) is 11.4 Å². The zero-order chi connectivity index (χ0) is 21.1. The zero-order valence-electron chi connectivity index (χ0n) is 17.0. The van der Waals surface area contributed by atoms with Gasteiger partial charge in [-0.1, -0.05) is 24.3 Å². The van der Waals surface area contributed by atoms with Crippen molar-refractivity contribution in [3.63, 3.8) is 0 Å². The first-order valence-electron chi connectivity index (χ1n) is 9.70. The van der Waals surface area contributed by atoms with Crippen molar-refractivity contribution in [3.05, 3.63) is 78.9 Å². The second-order valence-electron chi connectivity index (χ2n) is 7.69. The minimum absolute atomic E-state index is 0.162. The maximum atomic E-state index is 11.2. The molecule has 0 aliphatic carbocycles. The fraction of sp³-hybridized carbons (Fsp3) is 0.429. The molecule has 0 amide bonds. The molecule has 0 radical (unpaired) electrons. The number of nitro benzene ring substituents is 2. The molecule has 1 aliphatic heterocycles. The lowest BCUT2D eigenvalue weighted by molar-refractivity contribution is -0.385. The highest BCUT2D eigenvalue weighted by molar-refractivity contribution is 5.45. The number of rotatable bonds is 6. The summed E-state index contributed by atoms with van der Waals surface area (Å²) in [4.78, 5) is 26.3. The number of nitro groups is 2. The lowest BCUT2D eigenvalue weighted by Crippen LogP contribution is -2.51. The minimum atomic E-state index is -0.333. The highest BCUT2D eigenvalue weighted by Gasteiger charge is 2.26. The van der Waals surface area contributed by atoms with Crippen molar-refractivity contribution >= 4 is 11.4 Å². The van der Waals surface area contributed by atoms with Crippen molar-refractivity contribution in [1.29, 1.82) is 0 Å². The number of nitrogens with zero attached hydrogens (tertiary/aromatic N) is 4. The molecule has 1 fully saturated rings. The van der Waals surface area contributed by atoms with Gasteiger partial charge in [0, 0.05) is 62.0 Å². The van der Waals surface area contributed by atoms with Gasteiger partial charge >= 0.3 is 0 Å². The van der Waals surface area contributed by atoms with Crippen LogP contribution in [0.1, 0.15) is 29.2 Å². The Bertz CT molecular complexity index is 931. The van der Waals surface area contributed by atoms with Crippen molar-refractivity contribution in [2.24, 2.45) is 0 Å². The molecule has 1 unspecified atom stereocenters. The molecule has 1 aliphatic rings. The van der Waals surface area contributed by atoms with Gasteiger partial charge < -0.3 is 0 Å². The monoisotopic (exact) mass is 398 g/mol. The van der Waals surface area contributed by atoms with Gasteiger partial charge in [-0.3, -0.25) is 30.0 Å². The summed E-state index contributed by atoms with van der Waals surface area (Å²) in [5.74, 6) is 0. The van der Waals surface area contributed by atoms with E-state index in [2.05, 4.69) is 16.7 Å². The molecule has 1 saturated heterocycles. The van der Waals surface area contributed by atoms with Crippen molar-refractivity contribution in [1.82, 2.24) is 9.80 Å². The zero-order valence-corrected chi connectivity index (χ0v) is 17.0. The second-order valence-corrected chi connectivity index (χ2v) is 7.69. The van der Waals surface area contributed by atoms with Gasteiger partial charge in [-0.25, -0.2) is 0 Å². The van der Waals surface area contributed by atoms with Crippen molar-refractivity contribution in [2.45, 2.75) is 39.9 Å². The van der Waals surface area contributed by atoms with E-state index in [-0.39, 0.29) is 27.3 Å². The van der Waals surface area contributed by atoms with E-state index in [0.29, 0.717) is 13.1 Å². The largest absolute Gasteiger partial charge is 0.296 e. The molecular weight excluding hydrogens is 372 g/mol. The molecule has 0 bridgehead atoms. The topological polar surface area (TPSA) is 92.8 Å². The van der Waals surface area contributed by atoms with Crippen LogP contribution >= 0.6 is 0 Å². The number of hydrogen-bond donors (Lipinski definition) is 0. The molecule has 0 spiro atoms. The lowest BCUT2D eigenvalue weighted by atomic mass is 10.0. The first kappa shape index (κ1) is 20.9. The number of benzene rings is 2. The van der Waals surface area contributed by atoms with Crippen LogP contribution < -0.4 is 0 Å². The van der Waals surface area contributed by atoms with Crippen LogP contribution in [0.15, 0.2) is 36.4 Å². The van der Waals surface area contributed by atoms with E-state index in [4.69, 9.17) is 0 Å². The number of piperazine rings is 1. The van der Waals surface area contributed by atoms with Gasteiger partial charge in [0.15, 0.2) is 0 Å². The molecule has 0 aromatic heterocycles. The van der Waals surface area contributed by atoms with Gasteiger partial charge in [-0.05, 0) is 31.9 Å². The Balaban J connectivity index is 1.66. The molecule has 154 valence electrons. The van der Waals surface area contributed by atoms with Crippen LogP contribution in [0.5, 0.6) is 0 Å². The average molecular weight is 398 g/mol. The highest BCUT2D eigenvalue weighted by atomic mass is 16.6. The van der Waals surface area contributed by atoms with Crippen LogP contribution in [-0.4, -0.2) is 45.3 Å². The quantitative estimate of drug-likeness (QED) is 0.542. The summed E-state index contributed by atoms with van der Waals surface area (Å²) in [6.45, 7) is 9.66. The SMILES string of the molecule is Cc1c(CN2CCN(Cc3cccc([N+](=O)[O-])c3C)C(C)C2)cccc1[N+](=O)[O-].